The maximum Gasteiger partial charge on any atom is 0.273 e. The molecule has 106 valence electrons. The van der Waals surface area contributed by atoms with Gasteiger partial charge in [-0.15, -0.1) is 0 Å². The number of aromatic nitrogens is 3. The lowest BCUT2D eigenvalue weighted by atomic mass is 10.1. The number of anilines is 1. The molecule has 0 unspecified atom stereocenters. The van der Waals surface area contributed by atoms with Crippen molar-refractivity contribution >= 4 is 38.6 Å². The Kier molecular flexibility index (Phi) is 3.39. The SMILES string of the molecule is CC(=O)Nc1nc2n[nH]c(C(=O)N3CCCCC3)c2s1. The number of nitrogens with zero attached hydrogens (tertiary/aromatic N) is 3. The fraction of sp³-hybridized carbons (Fsp3) is 0.500. The minimum atomic E-state index is -0.186. The van der Waals surface area contributed by atoms with Crippen LogP contribution < -0.4 is 5.32 Å². The Morgan fingerprint density at radius 3 is 2.75 bits per heavy atom. The van der Waals surface area contributed by atoms with Crippen molar-refractivity contribution in [2.24, 2.45) is 0 Å². The van der Waals surface area contributed by atoms with Crippen LogP contribution in [-0.4, -0.2) is 45.0 Å². The highest BCUT2D eigenvalue weighted by atomic mass is 32.1. The van der Waals surface area contributed by atoms with E-state index < -0.39 is 0 Å². The number of aromatic amines is 1. The zero-order valence-electron chi connectivity index (χ0n) is 11.1. The maximum absolute atomic E-state index is 12.5. The van der Waals surface area contributed by atoms with Crippen LogP contribution in [0.2, 0.25) is 0 Å². The number of rotatable bonds is 2. The molecule has 2 amide bonds. The number of carbonyl (C=O) groups is 2. The molecule has 3 heterocycles. The van der Waals surface area contributed by atoms with Crippen molar-refractivity contribution in [3.8, 4) is 0 Å². The summed E-state index contributed by atoms with van der Waals surface area (Å²) in [4.78, 5) is 29.5. The molecule has 1 aliphatic rings. The monoisotopic (exact) mass is 293 g/mol. The first-order valence-electron chi connectivity index (χ1n) is 6.57. The third kappa shape index (κ3) is 2.38. The van der Waals surface area contributed by atoms with E-state index in [1.54, 1.807) is 0 Å². The zero-order chi connectivity index (χ0) is 14.1. The number of amides is 2. The summed E-state index contributed by atoms with van der Waals surface area (Å²) in [5.74, 6) is -0.223. The first-order chi connectivity index (χ1) is 9.65. The Morgan fingerprint density at radius 2 is 2.05 bits per heavy atom. The van der Waals surface area contributed by atoms with E-state index in [0.29, 0.717) is 21.2 Å². The fourth-order valence-electron chi connectivity index (χ4n) is 2.31. The summed E-state index contributed by atoms with van der Waals surface area (Å²) in [5.41, 5.74) is 0.940. The predicted molar refractivity (Wildman–Crippen MR) is 75.8 cm³/mol. The lowest BCUT2D eigenvalue weighted by Crippen LogP contribution is -2.35. The van der Waals surface area contributed by atoms with Crippen LogP contribution in [0, 0.1) is 0 Å². The normalized spacial score (nSPS) is 15.6. The number of thiazole rings is 1. The lowest BCUT2D eigenvalue weighted by Gasteiger charge is -2.25. The number of likely N-dealkylation sites (tertiary alicyclic amines) is 1. The Labute approximate surface area is 119 Å². The van der Waals surface area contributed by atoms with E-state index in [1.807, 2.05) is 4.90 Å². The molecule has 0 spiro atoms. The highest BCUT2D eigenvalue weighted by Gasteiger charge is 2.24. The summed E-state index contributed by atoms with van der Waals surface area (Å²) >= 11 is 1.27. The number of piperidine rings is 1. The van der Waals surface area contributed by atoms with Crippen LogP contribution in [-0.2, 0) is 4.79 Å². The van der Waals surface area contributed by atoms with E-state index in [4.69, 9.17) is 0 Å². The molecule has 1 aliphatic heterocycles. The maximum atomic E-state index is 12.5. The Morgan fingerprint density at radius 1 is 1.30 bits per heavy atom. The molecular formula is C12H15N5O2S. The van der Waals surface area contributed by atoms with Crippen LogP contribution in [0.5, 0.6) is 0 Å². The summed E-state index contributed by atoms with van der Waals surface area (Å²) in [5, 5.41) is 9.89. The summed E-state index contributed by atoms with van der Waals surface area (Å²) in [6, 6.07) is 0. The Bertz CT molecular complexity index is 656. The van der Waals surface area contributed by atoms with E-state index in [9.17, 15) is 9.59 Å². The van der Waals surface area contributed by atoms with E-state index in [2.05, 4.69) is 20.5 Å². The molecular weight excluding hydrogens is 278 g/mol. The quantitative estimate of drug-likeness (QED) is 0.880. The molecule has 1 saturated heterocycles. The topological polar surface area (TPSA) is 91.0 Å². The van der Waals surface area contributed by atoms with Gasteiger partial charge in [0.15, 0.2) is 10.8 Å². The van der Waals surface area contributed by atoms with Gasteiger partial charge in [-0.1, -0.05) is 11.3 Å². The molecule has 1 fully saturated rings. The van der Waals surface area contributed by atoms with Crippen LogP contribution in [0.25, 0.3) is 10.3 Å². The molecule has 0 radical (unpaired) electrons. The van der Waals surface area contributed by atoms with Crippen LogP contribution in [0.4, 0.5) is 5.13 Å². The molecule has 8 heteroatoms. The van der Waals surface area contributed by atoms with Crippen molar-refractivity contribution < 1.29 is 9.59 Å². The van der Waals surface area contributed by atoms with Gasteiger partial charge in [-0.05, 0) is 19.3 Å². The van der Waals surface area contributed by atoms with E-state index in [1.165, 1.54) is 24.7 Å². The average Bonchev–Trinajstić information content (AvgIpc) is 2.98. The van der Waals surface area contributed by atoms with E-state index in [0.717, 1.165) is 25.9 Å². The minimum Gasteiger partial charge on any atom is -0.337 e. The molecule has 2 aromatic heterocycles. The third-order valence-corrected chi connectivity index (χ3v) is 4.23. The molecule has 0 saturated carbocycles. The van der Waals surface area contributed by atoms with Gasteiger partial charge in [0.2, 0.25) is 5.91 Å². The molecule has 7 nitrogen and oxygen atoms in total. The first kappa shape index (κ1) is 13.0. The molecule has 0 atom stereocenters. The van der Waals surface area contributed by atoms with Gasteiger partial charge in [-0.25, -0.2) is 0 Å². The number of hydrogen-bond acceptors (Lipinski definition) is 5. The van der Waals surface area contributed by atoms with Gasteiger partial charge < -0.3 is 10.2 Å². The second-order valence-corrected chi connectivity index (χ2v) is 5.80. The third-order valence-electron chi connectivity index (χ3n) is 3.25. The van der Waals surface area contributed by atoms with Crippen molar-refractivity contribution in [1.29, 1.82) is 0 Å². The summed E-state index contributed by atoms with van der Waals surface area (Å²) < 4.78 is 0.698. The van der Waals surface area contributed by atoms with Gasteiger partial charge in [-0.3, -0.25) is 14.7 Å². The second kappa shape index (κ2) is 5.20. The molecule has 2 N–H and O–H groups in total. The van der Waals surface area contributed by atoms with Crippen molar-refractivity contribution in [3.63, 3.8) is 0 Å². The van der Waals surface area contributed by atoms with E-state index in [-0.39, 0.29) is 11.8 Å². The summed E-state index contributed by atoms with van der Waals surface area (Å²) in [6.45, 7) is 3.00. The van der Waals surface area contributed by atoms with Crippen molar-refractivity contribution in [2.75, 3.05) is 18.4 Å². The molecule has 2 aromatic rings. The molecule has 0 aliphatic carbocycles. The zero-order valence-corrected chi connectivity index (χ0v) is 11.9. The van der Waals surface area contributed by atoms with Crippen LogP contribution in [0.15, 0.2) is 0 Å². The molecule has 0 bridgehead atoms. The molecule has 0 aromatic carbocycles. The van der Waals surface area contributed by atoms with Gasteiger partial charge >= 0.3 is 0 Å². The summed E-state index contributed by atoms with van der Waals surface area (Å²) in [7, 11) is 0. The van der Waals surface area contributed by atoms with E-state index >= 15 is 0 Å². The standard InChI is InChI=1S/C12H15N5O2S/c1-7(18)13-12-14-10-9(20-12)8(15-16-10)11(19)17-5-3-2-4-6-17/h2-6H2,1H3,(H2,13,14,15,16,18). The van der Waals surface area contributed by atoms with Crippen LogP contribution >= 0.6 is 11.3 Å². The highest BCUT2D eigenvalue weighted by Crippen LogP contribution is 2.28. The van der Waals surface area contributed by atoms with Crippen LogP contribution in [0.3, 0.4) is 0 Å². The Balaban J connectivity index is 1.88. The van der Waals surface area contributed by atoms with Gasteiger partial charge in [0.05, 0.1) is 0 Å². The van der Waals surface area contributed by atoms with Gasteiger partial charge in [-0.2, -0.15) is 10.1 Å². The van der Waals surface area contributed by atoms with Gasteiger partial charge in [0, 0.05) is 20.0 Å². The Hall–Kier alpha value is -1.96. The number of carbonyl (C=O) groups excluding carboxylic acids is 2. The number of fused-ring (bicyclic) bond motifs is 1. The first-order valence-corrected chi connectivity index (χ1v) is 7.38. The predicted octanol–water partition coefficient (Wildman–Crippen LogP) is 1.60. The number of hydrogen-bond donors (Lipinski definition) is 2. The summed E-state index contributed by atoms with van der Waals surface area (Å²) in [6.07, 6.45) is 3.26. The molecule has 3 rings (SSSR count). The average molecular weight is 293 g/mol. The van der Waals surface area contributed by atoms with Crippen molar-refractivity contribution in [3.05, 3.63) is 5.69 Å². The highest BCUT2D eigenvalue weighted by molar-refractivity contribution is 7.22. The lowest BCUT2D eigenvalue weighted by molar-refractivity contribution is -0.114. The van der Waals surface area contributed by atoms with Crippen molar-refractivity contribution in [1.82, 2.24) is 20.1 Å². The molecule has 20 heavy (non-hydrogen) atoms. The van der Waals surface area contributed by atoms with Crippen molar-refractivity contribution in [2.45, 2.75) is 26.2 Å². The smallest absolute Gasteiger partial charge is 0.273 e. The number of H-pyrrole nitrogens is 1. The largest absolute Gasteiger partial charge is 0.337 e. The van der Waals surface area contributed by atoms with Crippen LogP contribution in [0.1, 0.15) is 36.7 Å². The van der Waals surface area contributed by atoms with Gasteiger partial charge in [0.25, 0.3) is 5.91 Å². The number of nitrogens with one attached hydrogen (secondary N) is 2. The minimum absolute atomic E-state index is 0.0368. The second-order valence-electron chi connectivity index (χ2n) is 4.80. The van der Waals surface area contributed by atoms with Gasteiger partial charge in [0.1, 0.15) is 10.4 Å². The fourth-order valence-corrected chi connectivity index (χ4v) is 3.25.